The summed E-state index contributed by atoms with van der Waals surface area (Å²) in [6.45, 7) is 1.18. The second-order valence-electron chi connectivity index (χ2n) is 4.80. The molecule has 0 N–H and O–H groups in total. The van der Waals surface area contributed by atoms with Crippen LogP contribution >= 0.6 is 0 Å². The molecule has 1 fully saturated rings. The van der Waals surface area contributed by atoms with Crippen LogP contribution in [-0.4, -0.2) is 28.9 Å². The minimum atomic E-state index is 0.869. The molecule has 2 heterocycles. The Hall–Kier alpha value is -1.28. The number of hydrogen-bond donors (Lipinski definition) is 0. The molecule has 2 aromatic heterocycles. The molecule has 0 bridgehead atoms. The van der Waals surface area contributed by atoms with E-state index in [-0.39, 0.29) is 0 Å². The standard InChI is InChI=1S/C14H18N2/c1-15(13-5-6-13)10-7-12-8-11-16-9-3-2-4-14(12)16/h2-4,8-9,11,13H,5-7,10H2,1H3. The van der Waals surface area contributed by atoms with Gasteiger partial charge in [0.1, 0.15) is 0 Å². The number of rotatable bonds is 4. The van der Waals surface area contributed by atoms with Crippen LogP contribution in [0.1, 0.15) is 18.4 Å². The molecule has 2 nitrogen and oxygen atoms in total. The van der Waals surface area contributed by atoms with Crippen LogP contribution in [0.3, 0.4) is 0 Å². The fourth-order valence-electron chi connectivity index (χ4n) is 2.32. The first kappa shape index (κ1) is 9.91. The predicted molar refractivity (Wildman–Crippen MR) is 66.8 cm³/mol. The summed E-state index contributed by atoms with van der Waals surface area (Å²) in [5.74, 6) is 0. The quantitative estimate of drug-likeness (QED) is 0.759. The van der Waals surface area contributed by atoms with E-state index in [1.165, 1.54) is 30.5 Å². The van der Waals surface area contributed by atoms with Crippen molar-refractivity contribution in [3.05, 3.63) is 42.2 Å². The molecule has 0 spiro atoms. The van der Waals surface area contributed by atoms with Gasteiger partial charge in [-0.25, -0.2) is 0 Å². The summed E-state index contributed by atoms with van der Waals surface area (Å²) in [4.78, 5) is 2.49. The first-order chi connectivity index (χ1) is 7.84. The molecule has 0 radical (unpaired) electrons. The van der Waals surface area contributed by atoms with E-state index < -0.39 is 0 Å². The van der Waals surface area contributed by atoms with Crippen LogP contribution in [0.5, 0.6) is 0 Å². The highest BCUT2D eigenvalue weighted by Crippen LogP contribution is 2.25. The highest BCUT2D eigenvalue weighted by molar-refractivity contribution is 5.55. The molecule has 1 saturated carbocycles. The van der Waals surface area contributed by atoms with E-state index in [1.54, 1.807) is 0 Å². The zero-order valence-corrected chi connectivity index (χ0v) is 9.76. The van der Waals surface area contributed by atoms with Crippen LogP contribution in [0, 0.1) is 0 Å². The minimum absolute atomic E-state index is 0.869. The Labute approximate surface area is 96.5 Å². The van der Waals surface area contributed by atoms with Crippen LogP contribution in [0.15, 0.2) is 36.7 Å². The summed E-state index contributed by atoms with van der Waals surface area (Å²) >= 11 is 0. The number of hydrogen-bond acceptors (Lipinski definition) is 1. The lowest BCUT2D eigenvalue weighted by atomic mass is 10.2. The van der Waals surface area contributed by atoms with Gasteiger partial charge in [0.15, 0.2) is 0 Å². The lowest BCUT2D eigenvalue weighted by molar-refractivity contribution is 0.329. The lowest BCUT2D eigenvalue weighted by Gasteiger charge is -2.14. The molecule has 2 heteroatoms. The van der Waals surface area contributed by atoms with E-state index in [4.69, 9.17) is 0 Å². The van der Waals surface area contributed by atoms with Crippen molar-refractivity contribution in [1.82, 2.24) is 9.30 Å². The van der Waals surface area contributed by atoms with Crippen molar-refractivity contribution in [1.29, 1.82) is 0 Å². The summed E-state index contributed by atoms with van der Waals surface area (Å²) in [6.07, 6.45) is 8.22. The van der Waals surface area contributed by atoms with Gasteiger partial charge < -0.3 is 9.30 Å². The summed E-state index contributed by atoms with van der Waals surface area (Å²) < 4.78 is 2.20. The Morgan fingerprint density at radius 3 is 2.94 bits per heavy atom. The Balaban J connectivity index is 1.73. The van der Waals surface area contributed by atoms with Crippen LogP contribution in [0.25, 0.3) is 5.52 Å². The Bertz CT molecular complexity index is 482. The van der Waals surface area contributed by atoms with E-state index >= 15 is 0 Å². The molecule has 0 amide bonds. The lowest BCUT2D eigenvalue weighted by Crippen LogP contribution is -2.23. The monoisotopic (exact) mass is 214 g/mol. The van der Waals surface area contributed by atoms with Crippen molar-refractivity contribution < 1.29 is 0 Å². The molecule has 3 rings (SSSR count). The van der Waals surface area contributed by atoms with Gasteiger partial charge in [-0.1, -0.05) is 6.07 Å². The summed E-state index contributed by atoms with van der Waals surface area (Å²) in [6, 6.07) is 9.51. The Morgan fingerprint density at radius 2 is 2.12 bits per heavy atom. The molecule has 0 unspecified atom stereocenters. The number of likely N-dealkylation sites (N-methyl/N-ethyl adjacent to an activating group) is 1. The maximum Gasteiger partial charge on any atom is 0.0482 e. The molecule has 84 valence electrons. The van der Waals surface area contributed by atoms with Gasteiger partial charge in [-0.2, -0.15) is 0 Å². The normalized spacial score (nSPS) is 16.1. The van der Waals surface area contributed by atoms with Crippen molar-refractivity contribution in [3.8, 4) is 0 Å². The summed E-state index contributed by atoms with van der Waals surface area (Å²) in [5.41, 5.74) is 2.82. The number of nitrogens with zero attached hydrogens (tertiary/aromatic N) is 2. The average molecular weight is 214 g/mol. The molecule has 0 saturated heterocycles. The Kier molecular flexibility index (Phi) is 2.44. The van der Waals surface area contributed by atoms with E-state index in [1.807, 2.05) is 0 Å². The van der Waals surface area contributed by atoms with Gasteiger partial charge in [0.2, 0.25) is 0 Å². The molecule has 1 aliphatic rings. The van der Waals surface area contributed by atoms with Crippen LogP contribution < -0.4 is 0 Å². The number of aromatic nitrogens is 1. The Morgan fingerprint density at radius 1 is 1.25 bits per heavy atom. The van der Waals surface area contributed by atoms with Gasteiger partial charge in [-0.3, -0.25) is 0 Å². The topological polar surface area (TPSA) is 7.65 Å². The molecule has 1 aliphatic carbocycles. The molecule has 2 aromatic rings. The van der Waals surface area contributed by atoms with Gasteiger partial charge in [0.05, 0.1) is 0 Å². The zero-order valence-electron chi connectivity index (χ0n) is 9.76. The van der Waals surface area contributed by atoms with Crippen LogP contribution in [0.2, 0.25) is 0 Å². The average Bonchev–Trinajstić information content (AvgIpc) is 3.08. The van der Waals surface area contributed by atoms with Crippen LogP contribution in [-0.2, 0) is 6.42 Å². The molecule has 0 aliphatic heterocycles. The van der Waals surface area contributed by atoms with E-state index in [2.05, 4.69) is 53.0 Å². The minimum Gasteiger partial charge on any atom is -0.324 e. The van der Waals surface area contributed by atoms with Crippen LogP contribution in [0.4, 0.5) is 0 Å². The largest absolute Gasteiger partial charge is 0.324 e. The van der Waals surface area contributed by atoms with Gasteiger partial charge >= 0.3 is 0 Å². The number of fused-ring (bicyclic) bond motifs is 1. The summed E-state index contributed by atoms with van der Waals surface area (Å²) in [7, 11) is 2.25. The molecule has 16 heavy (non-hydrogen) atoms. The van der Waals surface area contributed by atoms with Gasteiger partial charge in [0, 0.05) is 30.5 Å². The number of pyridine rings is 1. The maximum atomic E-state index is 2.49. The van der Waals surface area contributed by atoms with E-state index in [0.29, 0.717) is 0 Å². The van der Waals surface area contributed by atoms with E-state index in [0.717, 1.165) is 12.5 Å². The molecular formula is C14H18N2. The van der Waals surface area contributed by atoms with Crippen molar-refractivity contribution in [2.75, 3.05) is 13.6 Å². The third-order valence-corrected chi connectivity index (χ3v) is 3.56. The highest BCUT2D eigenvalue weighted by Gasteiger charge is 2.25. The van der Waals surface area contributed by atoms with Crippen molar-refractivity contribution in [3.63, 3.8) is 0 Å². The third-order valence-electron chi connectivity index (χ3n) is 3.56. The highest BCUT2D eigenvalue weighted by atomic mass is 15.1. The SMILES string of the molecule is CN(CCc1ccn2ccccc12)C1CC1. The zero-order chi connectivity index (χ0) is 11.0. The van der Waals surface area contributed by atoms with Gasteiger partial charge in [-0.15, -0.1) is 0 Å². The van der Waals surface area contributed by atoms with Crippen molar-refractivity contribution >= 4 is 5.52 Å². The van der Waals surface area contributed by atoms with Crippen molar-refractivity contribution in [2.45, 2.75) is 25.3 Å². The predicted octanol–water partition coefficient (Wildman–Crippen LogP) is 2.58. The molecule has 0 aromatic carbocycles. The fraction of sp³-hybridized carbons (Fsp3) is 0.429. The van der Waals surface area contributed by atoms with Gasteiger partial charge in [-0.05, 0) is 50.1 Å². The van der Waals surface area contributed by atoms with E-state index in [9.17, 15) is 0 Å². The molecule has 0 atom stereocenters. The first-order valence-corrected chi connectivity index (χ1v) is 6.09. The third kappa shape index (κ3) is 1.85. The second-order valence-corrected chi connectivity index (χ2v) is 4.80. The smallest absolute Gasteiger partial charge is 0.0482 e. The van der Waals surface area contributed by atoms with Gasteiger partial charge in [0.25, 0.3) is 0 Å². The summed E-state index contributed by atoms with van der Waals surface area (Å²) in [5, 5.41) is 0. The fourth-order valence-corrected chi connectivity index (χ4v) is 2.32. The first-order valence-electron chi connectivity index (χ1n) is 6.09. The molecular weight excluding hydrogens is 196 g/mol. The van der Waals surface area contributed by atoms with Crippen molar-refractivity contribution in [2.24, 2.45) is 0 Å². The second kappa shape index (κ2) is 3.95. The maximum absolute atomic E-state index is 2.49.